The molecule has 1 aromatic heterocycles. The molecule has 0 amide bonds. The van der Waals surface area contributed by atoms with Crippen molar-refractivity contribution in [1.29, 1.82) is 0 Å². The normalized spacial score (nSPS) is 14.8. The minimum atomic E-state index is 0.564. The molecule has 0 unspecified atom stereocenters. The van der Waals surface area contributed by atoms with Crippen LogP contribution in [0.1, 0.15) is 12.0 Å². The van der Waals surface area contributed by atoms with Crippen LogP contribution in [0.4, 0.5) is 5.82 Å². The lowest BCUT2D eigenvalue weighted by molar-refractivity contribution is 0.273. The van der Waals surface area contributed by atoms with Gasteiger partial charge in [0.1, 0.15) is 5.82 Å². The van der Waals surface area contributed by atoms with Crippen LogP contribution in [-0.4, -0.2) is 22.8 Å². The molecule has 0 radical (unpaired) electrons. The van der Waals surface area contributed by atoms with Crippen molar-refractivity contribution in [2.45, 2.75) is 18.0 Å². The van der Waals surface area contributed by atoms with Crippen LogP contribution in [0.25, 0.3) is 0 Å². The molecule has 1 aliphatic heterocycles. The van der Waals surface area contributed by atoms with E-state index in [2.05, 4.69) is 9.97 Å². The number of aromatic nitrogens is 2. The topological polar surface area (TPSA) is 61.0 Å². The first-order valence-electron chi connectivity index (χ1n) is 4.14. The average Bonchev–Trinajstić information content (AvgIpc) is 2.18. The Kier molecular flexibility index (Phi) is 2.26. The van der Waals surface area contributed by atoms with E-state index in [1.165, 1.54) is 11.8 Å². The Morgan fingerprint density at radius 1 is 1.46 bits per heavy atom. The van der Waals surface area contributed by atoms with Gasteiger partial charge in [-0.3, -0.25) is 0 Å². The lowest BCUT2D eigenvalue weighted by Gasteiger charge is -2.17. The fourth-order valence-electron chi connectivity index (χ4n) is 1.32. The monoisotopic (exact) mass is 197 g/mol. The zero-order chi connectivity index (χ0) is 9.26. The summed E-state index contributed by atoms with van der Waals surface area (Å²) in [4.78, 5) is 8.40. The van der Waals surface area contributed by atoms with Gasteiger partial charge in [0, 0.05) is 0 Å². The number of nitrogen functional groups attached to an aromatic ring is 1. The molecular formula is C8H11N3OS. The Bertz CT molecular complexity index is 329. The van der Waals surface area contributed by atoms with Crippen LogP contribution in [0.3, 0.4) is 0 Å². The fraction of sp³-hybridized carbons (Fsp3) is 0.500. The summed E-state index contributed by atoms with van der Waals surface area (Å²) in [5.41, 5.74) is 6.74. The predicted octanol–water partition coefficient (Wildman–Crippen LogP) is 1.11. The van der Waals surface area contributed by atoms with Crippen molar-refractivity contribution in [3.63, 3.8) is 0 Å². The maximum absolute atomic E-state index is 5.77. The largest absolute Gasteiger partial charge is 0.477 e. The Hall–Kier alpha value is -0.970. The Morgan fingerprint density at radius 2 is 2.31 bits per heavy atom. The van der Waals surface area contributed by atoms with Crippen molar-refractivity contribution in [3.8, 4) is 5.88 Å². The SMILES string of the molecule is CSc1nc(N)c2c(n1)OCCC2. The van der Waals surface area contributed by atoms with E-state index in [4.69, 9.17) is 10.5 Å². The summed E-state index contributed by atoms with van der Waals surface area (Å²) in [5.74, 6) is 1.23. The van der Waals surface area contributed by atoms with Crippen molar-refractivity contribution in [1.82, 2.24) is 9.97 Å². The van der Waals surface area contributed by atoms with E-state index in [0.29, 0.717) is 16.9 Å². The Balaban J connectivity index is 2.47. The number of ether oxygens (including phenoxy) is 1. The van der Waals surface area contributed by atoms with Crippen molar-refractivity contribution in [3.05, 3.63) is 5.56 Å². The lowest BCUT2D eigenvalue weighted by atomic mass is 10.1. The number of anilines is 1. The molecule has 5 heteroatoms. The minimum absolute atomic E-state index is 0.564. The molecule has 1 aromatic rings. The molecule has 0 saturated heterocycles. The quantitative estimate of drug-likeness (QED) is 0.539. The molecular weight excluding hydrogens is 186 g/mol. The van der Waals surface area contributed by atoms with Crippen molar-refractivity contribution in [2.75, 3.05) is 18.6 Å². The van der Waals surface area contributed by atoms with E-state index in [-0.39, 0.29) is 0 Å². The lowest BCUT2D eigenvalue weighted by Crippen LogP contribution is -2.13. The maximum Gasteiger partial charge on any atom is 0.222 e. The van der Waals surface area contributed by atoms with Gasteiger partial charge in [-0.1, -0.05) is 11.8 Å². The van der Waals surface area contributed by atoms with Gasteiger partial charge in [0.2, 0.25) is 5.88 Å². The summed E-state index contributed by atoms with van der Waals surface area (Å²) >= 11 is 1.47. The average molecular weight is 197 g/mol. The van der Waals surface area contributed by atoms with E-state index in [1.54, 1.807) is 0 Å². The van der Waals surface area contributed by atoms with Gasteiger partial charge in [-0.05, 0) is 19.1 Å². The summed E-state index contributed by atoms with van der Waals surface area (Å²) < 4.78 is 5.40. The highest BCUT2D eigenvalue weighted by molar-refractivity contribution is 7.98. The maximum atomic E-state index is 5.77. The van der Waals surface area contributed by atoms with Crippen LogP contribution in [-0.2, 0) is 6.42 Å². The second kappa shape index (κ2) is 3.41. The van der Waals surface area contributed by atoms with E-state index in [9.17, 15) is 0 Å². The van der Waals surface area contributed by atoms with Crippen LogP contribution >= 0.6 is 11.8 Å². The van der Waals surface area contributed by atoms with Gasteiger partial charge < -0.3 is 10.5 Å². The molecule has 2 rings (SSSR count). The molecule has 0 aromatic carbocycles. The number of nitrogens with two attached hydrogens (primary N) is 1. The number of hydrogen-bond donors (Lipinski definition) is 1. The molecule has 0 spiro atoms. The Morgan fingerprint density at radius 3 is 3.08 bits per heavy atom. The molecule has 70 valence electrons. The van der Waals surface area contributed by atoms with Gasteiger partial charge in [0.05, 0.1) is 12.2 Å². The highest BCUT2D eigenvalue weighted by atomic mass is 32.2. The van der Waals surface area contributed by atoms with Gasteiger partial charge >= 0.3 is 0 Å². The Labute approximate surface area is 80.9 Å². The van der Waals surface area contributed by atoms with Gasteiger partial charge in [-0.15, -0.1) is 0 Å². The molecule has 2 heterocycles. The third-order valence-corrected chi connectivity index (χ3v) is 2.52. The molecule has 4 nitrogen and oxygen atoms in total. The molecule has 13 heavy (non-hydrogen) atoms. The molecule has 0 atom stereocenters. The van der Waals surface area contributed by atoms with Crippen molar-refractivity contribution in [2.24, 2.45) is 0 Å². The fourth-order valence-corrected chi connectivity index (χ4v) is 1.69. The minimum Gasteiger partial charge on any atom is -0.477 e. The highest BCUT2D eigenvalue weighted by Gasteiger charge is 2.16. The molecule has 0 aliphatic carbocycles. The second-order valence-electron chi connectivity index (χ2n) is 2.83. The number of fused-ring (bicyclic) bond motifs is 1. The van der Waals surface area contributed by atoms with Crippen molar-refractivity contribution >= 4 is 17.6 Å². The molecule has 0 fully saturated rings. The van der Waals surface area contributed by atoms with Crippen molar-refractivity contribution < 1.29 is 4.74 Å². The number of hydrogen-bond acceptors (Lipinski definition) is 5. The van der Waals surface area contributed by atoms with E-state index in [1.807, 2.05) is 6.26 Å². The predicted molar refractivity (Wildman–Crippen MR) is 52.0 cm³/mol. The standard InChI is InChI=1S/C8H11N3OS/c1-13-8-10-6(9)5-3-2-4-12-7(5)11-8/h2-4H2,1H3,(H2,9,10,11). The highest BCUT2D eigenvalue weighted by Crippen LogP contribution is 2.28. The summed E-state index contributed by atoms with van der Waals surface area (Å²) in [5, 5.41) is 0.679. The zero-order valence-electron chi connectivity index (χ0n) is 7.41. The number of rotatable bonds is 1. The van der Waals surface area contributed by atoms with E-state index >= 15 is 0 Å². The van der Waals surface area contributed by atoms with Gasteiger partial charge in [0.25, 0.3) is 0 Å². The molecule has 1 aliphatic rings. The first-order chi connectivity index (χ1) is 6.31. The number of thioether (sulfide) groups is 1. The van der Waals surface area contributed by atoms with Gasteiger partial charge in [0.15, 0.2) is 5.16 Å². The summed E-state index contributed by atoms with van der Waals surface area (Å²) in [6, 6.07) is 0. The van der Waals surface area contributed by atoms with Crippen LogP contribution in [0, 0.1) is 0 Å². The van der Waals surface area contributed by atoms with E-state index in [0.717, 1.165) is 25.0 Å². The smallest absolute Gasteiger partial charge is 0.222 e. The summed E-state index contributed by atoms with van der Waals surface area (Å²) in [7, 11) is 0. The summed E-state index contributed by atoms with van der Waals surface area (Å²) in [6.45, 7) is 0.733. The molecule has 2 N–H and O–H groups in total. The van der Waals surface area contributed by atoms with Crippen LogP contribution in [0.2, 0.25) is 0 Å². The third-order valence-electron chi connectivity index (χ3n) is 1.97. The van der Waals surface area contributed by atoms with Gasteiger partial charge in [-0.2, -0.15) is 4.98 Å². The second-order valence-corrected chi connectivity index (χ2v) is 3.60. The van der Waals surface area contributed by atoms with Crippen LogP contribution in [0.5, 0.6) is 5.88 Å². The van der Waals surface area contributed by atoms with Crippen LogP contribution < -0.4 is 10.5 Å². The summed E-state index contributed by atoms with van der Waals surface area (Å²) in [6.07, 6.45) is 3.85. The molecule has 0 saturated carbocycles. The van der Waals surface area contributed by atoms with E-state index < -0.39 is 0 Å². The number of nitrogens with zero attached hydrogens (tertiary/aromatic N) is 2. The zero-order valence-corrected chi connectivity index (χ0v) is 8.23. The first kappa shape index (κ1) is 8.62. The van der Waals surface area contributed by atoms with Gasteiger partial charge in [-0.25, -0.2) is 4.98 Å². The van der Waals surface area contributed by atoms with Crippen LogP contribution in [0.15, 0.2) is 5.16 Å². The first-order valence-corrected chi connectivity index (χ1v) is 5.37. The third kappa shape index (κ3) is 1.56. The molecule has 0 bridgehead atoms.